The molecule has 15 nitrogen and oxygen atoms in total. The maximum atomic E-state index is 13.1. The van der Waals surface area contributed by atoms with Crippen LogP contribution in [0.1, 0.15) is 32.3 Å². The number of amides is 1. The van der Waals surface area contributed by atoms with Gasteiger partial charge in [-0.25, -0.2) is 10.1 Å². The van der Waals surface area contributed by atoms with Crippen LogP contribution in [0.15, 0.2) is 32.3 Å². The first-order valence-corrected chi connectivity index (χ1v) is 13.6. The average Bonchev–Trinajstić information content (AvgIpc) is 3.68. The minimum absolute atomic E-state index is 0.0304. The summed E-state index contributed by atoms with van der Waals surface area (Å²) in [6.07, 6.45) is 1.55. The Kier molecular flexibility index (Phi) is 8.40. The number of thioether (sulfide) groups is 1. The SMILES string of the molecule is COc1ccc(C=NNC(=O)c2nnn(-c3nonc3N)c2CN2CCOCC2)cc1CSc1nnc(C)s1. The number of aromatic nitrogens is 7. The van der Waals surface area contributed by atoms with Crippen LogP contribution in [0.4, 0.5) is 5.82 Å². The molecule has 1 aliphatic rings. The first-order chi connectivity index (χ1) is 19.0. The molecule has 1 fully saturated rings. The molecule has 0 aliphatic carbocycles. The number of anilines is 1. The van der Waals surface area contributed by atoms with Crippen molar-refractivity contribution in [3.05, 3.63) is 45.7 Å². The summed E-state index contributed by atoms with van der Waals surface area (Å²) in [7, 11) is 1.62. The van der Waals surface area contributed by atoms with Gasteiger partial charge in [0.2, 0.25) is 11.6 Å². The Morgan fingerprint density at radius 2 is 2.13 bits per heavy atom. The summed E-state index contributed by atoms with van der Waals surface area (Å²) >= 11 is 3.11. The maximum Gasteiger partial charge on any atom is 0.293 e. The summed E-state index contributed by atoms with van der Waals surface area (Å²) in [6.45, 7) is 4.83. The number of aryl methyl sites for hydroxylation is 1. The average molecular weight is 572 g/mol. The van der Waals surface area contributed by atoms with Gasteiger partial charge in [0.15, 0.2) is 10.0 Å². The van der Waals surface area contributed by atoms with Crippen molar-refractivity contribution in [1.82, 2.24) is 45.8 Å². The molecule has 1 aromatic carbocycles. The number of carbonyl (C=O) groups excluding carboxylic acids is 1. The minimum Gasteiger partial charge on any atom is -0.496 e. The Balaban J connectivity index is 1.31. The van der Waals surface area contributed by atoms with Gasteiger partial charge >= 0.3 is 0 Å². The molecule has 5 rings (SSSR count). The zero-order chi connectivity index (χ0) is 27.2. The standard InChI is InChI=1S/C22H25N11O4S2/c1-13-25-28-22(39-13)38-12-15-9-14(3-4-17(15)35-2)10-24-27-21(34)18-16(11-32-5-7-36-8-6-32)33(31-26-18)20-19(23)29-37-30-20/h3-4,9-10H,5-8,11-12H2,1-2H3,(H2,23,29)(H,27,34). The number of nitrogens with zero attached hydrogens (tertiary/aromatic N) is 9. The minimum atomic E-state index is -0.535. The van der Waals surface area contributed by atoms with Crippen molar-refractivity contribution >= 4 is 41.0 Å². The van der Waals surface area contributed by atoms with Gasteiger partial charge in [-0.1, -0.05) is 28.3 Å². The van der Waals surface area contributed by atoms with E-state index in [-0.39, 0.29) is 17.3 Å². The van der Waals surface area contributed by atoms with Crippen LogP contribution in [0.3, 0.4) is 0 Å². The summed E-state index contributed by atoms with van der Waals surface area (Å²) in [5, 5.41) is 28.8. The van der Waals surface area contributed by atoms with E-state index in [1.165, 1.54) is 16.0 Å². The van der Waals surface area contributed by atoms with Crippen LogP contribution in [0, 0.1) is 6.92 Å². The van der Waals surface area contributed by atoms with E-state index in [4.69, 9.17) is 19.8 Å². The highest BCUT2D eigenvalue weighted by molar-refractivity contribution is 8.00. The van der Waals surface area contributed by atoms with Gasteiger partial charge in [0.1, 0.15) is 10.8 Å². The highest BCUT2D eigenvalue weighted by Gasteiger charge is 2.26. The fraction of sp³-hybridized carbons (Fsp3) is 0.364. The third kappa shape index (κ3) is 6.39. The number of benzene rings is 1. The Bertz CT molecular complexity index is 1460. The third-order valence-electron chi connectivity index (χ3n) is 5.69. The topological polar surface area (TPSA) is 185 Å². The van der Waals surface area contributed by atoms with Gasteiger partial charge < -0.3 is 15.2 Å². The van der Waals surface area contributed by atoms with E-state index in [0.717, 1.165) is 26.2 Å². The largest absolute Gasteiger partial charge is 0.496 e. The number of methoxy groups -OCH3 is 1. The molecular weight excluding hydrogens is 546 g/mol. The number of hydrogen-bond acceptors (Lipinski definition) is 15. The molecule has 3 N–H and O–H groups in total. The predicted molar refractivity (Wildman–Crippen MR) is 142 cm³/mol. The van der Waals surface area contributed by atoms with Crippen molar-refractivity contribution in [2.24, 2.45) is 5.10 Å². The molecule has 17 heteroatoms. The van der Waals surface area contributed by atoms with E-state index in [1.807, 2.05) is 25.1 Å². The first kappa shape index (κ1) is 26.7. The molecule has 0 saturated carbocycles. The lowest BCUT2D eigenvalue weighted by Crippen LogP contribution is -2.37. The normalized spacial score (nSPS) is 14.2. The number of rotatable bonds is 10. The zero-order valence-corrected chi connectivity index (χ0v) is 22.7. The fourth-order valence-corrected chi connectivity index (χ4v) is 5.58. The molecule has 204 valence electrons. The van der Waals surface area contributed by atoms with Crippen LogP contribution in [0.25, 0.3) is 5.82 Å². The monoisotopic (exact) mass is 571 g/mol. The zero-order valence-electron chi connectivity index (χ0n) is 21.1. The number of hydrazone groups is 1. The number of ether oxygens (including phenoxy) is 2. The molecule has 39 heavy (non-hydrogen) atoms. The van der Waals surface area contributed by atoms with Gasteiger partial charge in [0, 0.05) is 31.0 Å². The Morgan fingerprint density at radius 3 is 2.85 bits per heavy atom. The van der Waals surface area contributed by atoms with Crippen LogP contribution in [0.2, 0.25) is 0 Å². The number of nitrogen functional groups attached to an aromatic ring is 1. The number of nitrogens with one attached hydrogen (secondary N) is 1. The lowest BCUT2D eigenvalue weighted by atomic mass is 10.1. The number of carbonyl (C=O) groups is 1. The first-order valence-electron chi connectivity index (χ1n) is 11.8. The van der Waals surface area contributed by atoms with Crippen molar-refractivity contribution in [1.29, 1.82) is 0 Å². The van der Waals surface area contributed by atoms with Crippen LogP contribution in [0.5, 0.6) is 5.75 Å². The molecule has 4 heterocycles. The second kappa shape index (κ2) is 12.3. The molecule has 1 amide bonds. The second-order valence-corrected chi connectivity index (χ2v) is 10.7. The summed E-state index contributed by atoms with van der Waals surface area (Å²) in [5.41, 5.74) is 10.7. The predicted octanol–water partition coefficient (Wildman–Crippen LogP) is 1.29. The van der Waals surface area contributed by atoms with Crippen molar-refractivity contribution < 1.29 is 18.9 Å². The Hall–Kier alpha value is -3.93. The fourth-order valence-electron chi connectivity index (χ4n) is 3.79. The van der Waals surface area contributed by atoms with Crippen molar-refractivity contribution in [2.45, 2.75) is 23.6 Å². The summed E-state index contributed by atoms with van der Waals surface area (Å²) in [5.74, 6) is 1.03. The van der Waals surface area contributed by atoms with E-state index >= 15 is 0 Å². The molecule has 0 spiro atoms. The van der Waals surface area contributed by atoms with E-state index in [0.29, 0.717) is 44.3 Å². The van der Waals surface area contributed by atoms with E-state index < -0.39 is 5.91 Å². The quantitative estimate of drug-likeness (QED) is 0.158. The smallest absolute Gasteiger partial charge is 0.293 e. The molecule has 0 atom stereocenters. The second-order valence-electron chi connectivity index (χ2n) is 8.30. The Morgan fingerprint density at radius 1 is 1.28 bits per heavy atom. The summed E-state index contributed by atoms with van der Waals surface area (Å²) in [4.78, 5) is 15.2. The van der Waals surface area contributed by atoms with Gasteiger partial charge in [0.05, 0.1) is 32.2 Å². The molecule has 0 unspecified atom stereocenters. The molecule has 3 aromatic heterocycles. The molecule has 1 aliphatic heterocycles. The molecule has 0 radical (unpaired) electrons. The maximum absolute atomic E-state index is 13.1. The number of nitrogens with two attached hydrogens (primary N) is 1. The lowest BCUT2D eigenvalue weighted by Gasteiger charge is -2.26. The lowest BCUT2D eigenvalue weighted by molar-refractivity contribution is 0.0332. The van der Waals surface area contributed by atoms with Crippen molar-refractivity contribution in [2.75, 3.05) is 39.1 Å². The van der Waals surface area contributed by atoms with Crippen LogP contribution in [-0.2, 0) is 17.0 Å². The molecule has 1 saturated heterocycles. The molecule has 4 aromatic rings. The van der Waals surface area contributed by atoms with Gasteiger partial charge in [-0.05, 0) is 41.0 Å². The highest BCUT2D eigenvalue weighted by atomic mass is 32.2. The third-order valence-corrected chi connectivity index (χ3v) is 7.72. The van der Waals surface area contributed by atoms with E-state index in [2.05, 4.69) is 46.2 Å². The van der Waals surface area contributed by atoms with Gasteiger partial charge in [0.25, 0.3) is 5.91 Å². The molecule has 0 bridgehead atoms. The van der Waals surface area contributed by atoms with E-state index in [9.17, 15) is 4.79 Å². The number of morpholine rings is 1. The van der Waals surface area contributed by atoms with E-state index in [1.54, 1.807) is 25.1 Å². The van der Waals surface area contributed by atoms with Crippen LogP contribution >= 0.6 is 23.1 Å². The van der Waals surface area contributed by atoms with Crippen molar-refractivity contribution in [3.8, 4) is 11.6 Å². The van der Waals surface area contributed by atoms with Crippen LogP contribution in [-0.4, -0.2) is 85.9 Å². The summed E-state index contributed by atoms with van der Waals surface area (Å²) < 4.78 is 17.9. The molecular formula is C22H25N11O4S2. The van der Waals surface area contributed by atoms with Crippen molar-refractivity contribution in [3.63, 3.8) is 0 Å². The van der Waals surface area contributed by atoms with Gasteiger partial charge in [-0.3, -0.25) is 9.69 Å². The van der Waals surface area contributed by atoms with Crippen LogP contribution < -0.4 is 15.9 Å². The highest BCUT2D eigenvalue weighted by Crippen LogP contribution is 2.30. The summed E-state index contributed by atoms with van der Waals surface area (Å²) in [6, 6.07) is 5.64. The Labute approximate surface area is 230 Å². The number of hydrogen-bond donors (Lipinski definition) is 2. The van der Waals surface area contributed by atoms with Gasteiger partial charge in [-0.15, -0.1) is 15.3 Å². The van der Waals surface area contributed by atoms with Gasteiger partial charge in [-0.2, -0.15) is 9.78 Å².